The average Bonchev–Trinajstić information content (AvgIpc) is 3.23. The van der Waals surface area contributed by atoms with Crippen molar-refractivity contribution in [1.29, 1.82) is 5.26 Å². The Kier molecular flexibility index (Phi) is 3.96. The van der Waals surface area contributed by atoms with Gasteiger partial charge in [-0.1, -0.05) is 0 Å². The van der Waals surface area contributed by atoms with Crippen LogP contribution in [0.2, 0.25) is 0 Å². The van der Waals surface area contributed by atoms with Crippen LogP contribution in [0, 0.1) is 23.2 Å². The van der Waals surface area contributed by atoms with E-state index < -0.39 is 0 Å². The second kappa shape index (κ2) is 6.10. The molecule has 5 heteroatoms. The molecule has 1 saturated carbocycles. The first-order valence-electron chi connectivity index (χ1n) is 8.78. The third-order valence-corrected chi connectivity index (χ3v) is 5.92. The molecule has 0 radical (unpaired) electrons. The fourth-order valence-electron chi connectivity index (χ4n) is 4.70. The second-order valence-electron chi connectivity index (χ2n) is 7.29. The summed E-state index contributed by atoms with van der Waals surface area (Å²) in [5.74, 6) is 2.19. The number of hydrogen-bond donors (Lipinski definition) is 1. The van der Waals surface area contributed by atoms with Crippen LogP contribution in [-0.4, -0.2) is 53.3 Å². The van der Waals surface area contributed by atoms with Crippen LogP contribution >= 0.6 is 0 Å². The second-order valence-corrected chi connectivity index (χ2v) is 7.29. The zero-order valence-corrected chi connectivity index (χ0v) is 13.4. The minimum atomic E-state index is -0.178. The Morgan fingerprint density at radius 1 is 1.13 bits per heavy atom. The minimum Gasteiger partial charge on any atom is -0.391 e. The van der Waals surface area contributed by atoms with Crippen LogP contribution in [0.3, 0.4) is 0 Å². The lowest BCUT2D eigenvalue weighted by Crippen LogP contribution is -2.48. The summed E-state index contributed by atoms with van der Waals surface area (Å²) in [7, 11) is 0. The molecular formula is C18H24N4O. The summed E-state index contributed by atoms with van der Waals surface area (Å²) in [5, 5.41) is 19.5. The molecule has 5 nitrogen and oxygen atoms in total. The molecule has 3 heterocycles. The van der Waals surface area contributed by atoms with E-state index in [1.165, 1.54) is 12.8 Å². The van der Waals surface area contributed by atoms with Crippen LogP contribution in [-0.2, 0) is 0 Å². The number of fused-ring (bicyclic) bond motifs is 1. The van der Waals surface area contributed by atoms with Crippen LogP contribution in [0.25, 0.3) is 0 Å². The van der Waals surface area contributed by atoms with Crippen molar-refractivity contribution in [3.63, 3.8) is 0 Å². The van der Waals surface area contributed by atoms with E-state index in [2.05, 4.69) is 20.9 Å². The Labute approximate surface area is 137 Å². The van der Waals surface area contributed by atoms with Gasteiger partial charge in [0.15, 0.2) is 0 Å². The smallest absolute Gasteiger partial charge is 0.128 e. The molecule has 122 valence electrons. The predicted molar refractivity (Wildman–Crippen MR) is 88.0 cm³/mol. The molecule has 1 N–H and O–H groups in total. The molecule has 0 aromatic carbocycles. The van der Waals surface area contributed by atoms with Gasteiger partial charge in [-0.2, -0.15) is 5.26 Å². The van der Waals surface area contributed by atoms with Crippen molar-refractivity contribution in [2.75, 3.05) is 31.1 Å². The topological polar surface area (TPSA) is 63.4 Å². The normalized spacial score (nSPS) is 34.3. The maximum absolute atomic E-state index is 10.6. The van der Waals surface area contributed by atoms with Crippen molar-refractivity contribution in [3.8, 4) is 6.07 Å². The lowest BCUT2D eigenvalue weighted by Gasteiger charge is -2.40. The highest BCUT2D eigenvalue weighted by Gasteiger charge is 2.44. The molecule has 2 saturated heterocycles. The number of nitrogens with zero attached hydrogens (tertiary/aromatic N) is 4. The first-order valence-corrected chi connectivity index (χ1v) is 8.78. The number of rotatable bonds is 2. The summed E-state index contributed by atoms with van der Waals surface area (Å²) < 4.78 is 0. The van der Waals surface area contributed by atoms with Gasteiger partial charge in [0.25, 0.3) is 0 Å². The monoisotopic (exact) mass is 312 g/mol. The largest absolute Gasteiger partial charge is 0.391 e. The zero-order valence-electron chi connectivity index (χ0n) is 13.4. The number of aromatic nitrogens is 1. The number of anilines is 1. The molecule has 0 unspecified atom stereocenters. The fraction of sp³-hybridized carbons (Fsp3) is 0.667. The molecule has 4 rings (SSSR count). The number of pyridine rings is 1. The van der Waals surface area contributed by atoms with Gasteiger partial charge in [-0.3, -0.25) is 4.90 Å². The molecule has 1 aromatic heterocycles. The van der Waals surface area contributed by atoms with Gasteiger partial charge in [0, 0.05) is 25.3 Å². The van der Waals surface area contributed by atoms with Crippen molar-refractivity contribution in [2.24, 2.45) is 11.8 Å². The third-order valence-electron chi connectivity index (χ3n) is 5.92. The number of likely N-dealkylation sites (tertiary alicyclic amines) is 1. The molecule has 23 heavy (non-hydrogen) atoms. The number of aliphatic hydroxyl groups is 1. The van der Waals surface area contributed by atoms with E-state index in [9.17, 15) is 5.11 Å². The quantitative estimate of drug-likeness (QED) is 0.899. The summed E-state index contributed by atoms with van der Waals surface area (Å²) in [5.41, 5.74) is 0.606. The van der Waals surface area contributed by atoms with Gasteiger partial charge in [0.2, 0.25) is 0 Å². The van der Waals surface area contributed by atoms with E-state index in [1.807, 2.05) is 12.1 Å². The Morgan fingerprint density at radius 2 is 1.87 bits per heavy atom. The standard InChI is InChI=1S/C18H24N4O/c19-9-13-3-4-18(20-10-13)22-11-14-7-16(21-5-1-2-6-21)17(23)8-15(14)12-22/h3-4,10,14-17,23H,1-2,5-8,11-12H2/t14-,15+,16-,17-/m1/s1. The van der Waals surface area contributed by atoms with Gasteiger partial charge >= 0.3 is 0 Å². The molecule has 3 aliphatic rings. The highest BCUT2D eigenvalue weighted by Crippen LogP contribution is 2.40. The van der Waals surface area contributed by atoms with E-state index in [0.717, 1.165) is 44.8 Å². The van der Waals surface area contributed by atoms with Gasteiger partial charge in [-0.25, -0.2) is 4.98 Å². The summed E-state index contributed by atoms with van der Waals surface area (Å²) in [6, 6.07) is 6.26. The van der Waals surface area contributed by atoms with Crippen molar-refractivity contribution < 1.29 is 5.11 Å². The number of aliphatic hydroxyl groups excluding tert-OH is 1. The van der Waals surface area contributed by atoms with Gasteiger partial charge in [0.1, 0.15) is 11.9 Å². The predicted octanol–water partition coefficient (Wildman–Crippen LogP) is 1.62. The summed E-state index contributed by atoms with van der Waals surface area (Å²) >= 11 is 0. The lowest BCUT2D eigenvalue weighted by molar-refractivity contribution is -0.000854. The van der Waals surface area contributed by atoms with Crippen LogP contribution < -0.4 is 4.90 Å². The summed E-state index contributed by atoms with van der Waals surface area (Å²) in [6.45, 7) is 4.31. The van der Waals surface area contributed by atoms with E-state index in [-0.39, 0.29) is 6.10 Å². The summed E-state index contributed by atoms with van der Waals surface area (Å²) in [4.78, 5) is 9.27. The van der Waals surface area contributed by atoms with Crippen LogP contribution in [0.4, 0.5) is 5.82 Å². The third kappa shape index (κ3) is 2.82. The molecule has 1 aliphatic carbocycles. The Morgan fingerprint density at radius 3 is 2.52 bits per heavy atom. The van der Waals surface area contributed by atoms with E-state index >= 15 is 0 Å². The van der Waals surface area contributed by atoms with Crippen LogP contribution in [0.1, 0.15) is 31.2 Å². The Hall–Kier alpha value is -1.64. The van der Waals surface area contributed by atoms with Crippen molar-refractivity contribution in [1.82, 2.24) is 9.88 Å². The highest BCUT2D eigenvalue weighted by molar-refractivity contribution is 5.43. The number of hydrogen-bond acceptors (Lipinski definition) is 5. The zero-order chi connectivity index (χ0) is 15.8. The average molecular weight is 312 g/mol. The highest BCUT2D eigenvalue weighted by atomic mass is 16.3. The molecule has 0 spiro atoms. The van der Waals surface area contributed by atoms with Gasteiger partial charge in [0.05, 0.1) is 11.7 Å². The maximum Gasteiger partial charge on any atom is 0.128 e. The van der Waals surface area contributed by atoms with Crippen molar-refractivity contribution in [2.45, 2.75) is 37.8 Å². The fourth-order valence-corrected chi connectivity index (χ4v) is 4.70. The first-order chi connectivity index (χ1) is 11.2. The molecule has 0 bridgehead atoms. The van der Waals surface area contributed by atoms with Crippen LogP contribution in [0.15, 0.2) is 18.3 Å². The molecule has 0 amide bonds. The van der Waals surface area contributed by atoms with Gasteiger partial charge < -0.3 is 10.0 Å². The molecular weight excluding hydrogens is 288 g/mol. The molecule has 1 aromatic rings. The van der Waals surface area contributed by atoms with Gasteiger partial charge in [-0.15, -0.1) is 0 Å². The molecule has 2 aliphatic heterocycles. The summed E-state index contributed by atoms with van der Waals surface area (Å²) in [6.07, 6.45) is 6.05. The molecule has 3 fully saturated rings. The van der Waals surface area contributed by atoms with Crippen LogP contribution in [0.5, 0.6) is 0 Å². The first kappa shape index (κ1) is 14.9. The van der Waals surface area contributed by atoms with E-state index in [0.29, 0.717) is 23.4 Å². The van der Waals surface area contributed by atoms with Crippen molar-refractivity contribution in [3.05, 3.63) is 23.9 Å². The van der Waals surface area contributed by atoms with E-state index in [1.54, 1.807) is 6.20 Å². The van der Waals surface area contributed by atoms with E-state index in [4.69, 9.17) is 5.26 Å². The molecule has 4 atom stereocenters. The van der Waals surface area contributed by atoms with Crippen molar-refractivity contribution >= 4 is 5.82 Å². The Balaban J connectivity index is 1.45. The SMILES string of the molecule is N#Cc1ccc(N2C[C@H]3C[C@@H](N4CCCC4)[C@H](O)C[C@H]3C2)nc1. The number of nitriles is 1. The lowest BCUT2D eigenvalue weighted by atomic mass is 9.77. The van der Waals surface area contributed by atoms with Gasteiger partial charge in [-0.05, 0) is 62.7 Å². The maximum atomic E-state index is 10.6. The Bertz CT molecular complexity index is 590. The minimum absolute atomic E-state index is 0.178.